The van der Waals surface area contributed by atoms with Crippen LogP contribution in [0.25, 0.3) is 16.8 Å². The van der Waals surface area contributed by atoms with Crippen molar-refractivity contribution in [1.82, 2.24) is 19.7 Å². The number of pyridine rings is 2. The first-order chi connectivity index (χ1) is 20.2. The van der Waals surface area contributed by atoms with Crippen LogP contribution >= 0.6 is 0 Å². The molecule has 3 heterocycles. The van der Waals surface area contributed by atoms with Crippen molar-refractivity contribution in [2.75, 3.05) is 5.32 Å². The number of nitrogens with one attached hydrogen (secondary N) is 2. The molecule has 5 rings (SSSR count). The minimum absolute atomic E-state index is 0.0474. The summed E-state index contributed by atoms with van der Waals surface area (Å²) in [5.41, 5.74) is -3.16. The van der Waals surface area contributed by atoms with Gasteiger partial charge in [0.1, 0.15) is 28.6 Å². The molecule has 13 heteroatoms. The van der Waals surface area contributed by atoms with Gasteiger partial charge < -0.3 is 14.5 Å². The number of imidazole rings is 1. The molecule has 3 aromatic heterocycles. The van der Waals surface area contributed by atoms with Gasteiger partial charge >= 0.3 is 12.3 Å². The topological polar surface area (TPSA) is 121 Å². The summed E-state index contributed by atoms with van der Waals surface area (Å²) in [5.74, 6) is -1.34. The smallest absolute Gasteiger partial charge is 0.420 e. The molecule has 43 heavy (non-hydrogen) atoms. The van der Waals surface area contributed by atoms with E-state index in [0.29, 0.717) is 18.4 Å². The van der Waals surface area contributed by atoms with Gasteiger partial charge in [-0.15, -0.1) is 0 Å². The Morgan fingerprint density at radius 3 is 2.53 bits per heavy atom. The van der Waals surface area contributed by atoms with E-state index in [2.05, 4.69) is 26.7 Å². The summed E-state index contributed by atoms with van der Waals surface area (Å²) >= 11 is 0. The highest BCUT2D eigenvalue weighted by atomic mass is 19.4. The number of halogens is 4. The number of carbonyl (C=O) groups excluding carboxylic acids is 2. The van der Waals surface area contributed by atoms with Crippen molar-refractivity contribution in [2.24, 2.45) is 0 Å². The fraction of sp³-hybridized carbons (Fsp3) is 0.300. The van der Waals surface area contributed by atoms with E-state index >= 15 is 4.39 Å². The summed E-state index contributed by atoms with van der Waals surface area (Å²) in [5, 5.41) is 14.6. The first kappa shape index (κ1) is 29.5. The second kappa shape index (κ2) is 10.7. The number of nitrogens with zero attached hydrogens (tertiary/aromatic N) is 4. The summed E-state index contributed by atoms with van der Waals surface area (Å²) in [7, 11) is 0. The van der Waals surface area contributed by atoms with Crippen molar-refractivity contribution in [1.29, 1.82) is 5.26 Å². The molecule has 9 nitrogen and oxygen atoms in total. The number of hydrogen-bond donors (Lipinski definition) is 2. The van der Waals surface area contributed by atoms with Gasteiger partial charge in [0.15, 0.2) is 0 Å². The highest BCUT2D eigenvalue weighted by molar-refractivity contribution is 5.93. The molecule has 0 saturated heterocycles. The van der Waals surface area contributed by atoms with E-state index < -0.39 is 46.2 Å². The second-order valence-corrected chi connectivity index (χ2v) is 11.2. The minimum atomic E-state index is -4.86. The molecule has 222 valence electrons. The van der Waals surface area contributed by atoms with Gasteiger partial charge in [0, 0.05) is 41.8 Å². The number of ether oxygens (including phenoxy) is 1. The van der Waals surface area contributed by atoms with Crippen LogP contribution in [-0.2, 0) is 22.9 Å². The molecular formula is C30H26F4N6O3. The summed E-state index contributed by atoms with van der Waals surface area (Å²) in [6.45, 7) is 5.08. The zero-order chi connectivity index (χ0) is 31.2. The predicted octanol–water partition coefficient (Wildman–Crippen LogP) is 6.39. The highest BCUT2D eigenvalue weighted by Crippen LogP contribution is 2.49. The average Bonchev–Trinajstić information content (AvgIpc) is 3.60. The Hall–Kier alpha value is -4.99. The van der Waals surface area contributed by atoms with Gasteiger partial charge in [0.2, 0.25) is 0 Å². The maximum Gasteiger partial charge on any atom is 0.420 e. The molecule has 1 saturated carbocycles. The third-order valence-corrected chi connectivity index (χ3v) is 6.78. The van der Waals surface area contributed by atoms with Crippen LogP contribution in [-0.4, -0.2) is 32.0 Å². The Labute approximate surface area is 243 Å². The molecule has 0 unspecified atom stereocenters. The van der Waals surface area contributed by atoms with Crippen LogP contribution in [0.15, 0.2) is 55.0 Å². The van der Waals surface area contributed by atoms with Crippen molar-refractivity contribution in [3.05, 3.63) is 83.2 Å². The van der Waals surface area contributed by atoms with Crippen LogP contribution in [0.5, 0.6) is 0 Å². The van der Waals surface area contributed by atoms with Crippen LogP contribution in [0.4, 0.5) is 28.2 Å². The summed E-state index contributed by atoms with van der Waals surface area (Å²) in [4.78, 5) is 32.9. The van der Waals surface area contributed by atoms with E-state index in [1.165, 1.54) is 36.7 Å². The van der Waals surface area contributed by atoms with E-state index in [-0.39, 0.29) is 34.7 Å². The van der Waals surface area contributed by atoms with Crippen molar-refractivity contribution in [3.8, 4) is 17.2 Å². The predicted molar refractivity (Wildman–Crippen MR) is 147 cm³/mol. The lowest BCUT2D eigenvalue weighted by atomic mass is 9.93. The lowest BCUT2D eigenvalue weighted by Crippen LogP contribution is -2.27. The number of rotatable bonds is 6. The van der Waals surface area contributed by atoms with Gasteiger partial charge in [0.25, 0.3) is 5.91 Å². The standard InChI is InChI=1S/C30H26F4N6O3/c1-28(2,3)43-27(42)39-23-11-17(7-10-36-23)13-37-26(41)22-15-40-14-18(12-21(25(40)38-22)30(32,33)34)19-5-4-6-20(24(19)31)29(16-35)8-9-29/h4-7,10-12,14-15H,8-9,13H2,1-3H3,(H,37,41)(H,36,39,42). The molecule has 1 aliphatic rings. The first-order valence-electron chi connectivity index (χ1n) is 13.2. The van der Waals surface area contributed by atoms with E-state index in [1.54, 1.807) is 26.8 Å². The van der Waals surface area contributed by atoms with E-state index in [1.807, 2.05) is 0 Å². The number of benzene rings is 1. The molecule has 2 N–H and O–H groups in total. The van der Waals surface area contributed by atoms with Gasteiger partial charge in [-0.1, -0.05) is 18.2 Å². The number of nitriles is 1. The SMILES string of the molecule is CC(C)(C)OC(=O)Nc1cc(CNC(=O)c2cn3cc(-c4cccc(C5(C#N)CC5)c4F)cc(C(F)(F)F)c3n2)ccn1. The normalized spacial score (nSPS) is 14.2. The number of aromatic nitrogens is 3. The Bertz CT molecular complexity index is 1780. The molecular weight excluding hydrogens is 568 g/mol. The van der Waals surface area contributed by atoms with Crippen molar-refractivity contribution in [2.45, 2.75) is 57.3 Å². The van der Waals surface area contributed by atoms with Crippen LogP contribution in [0.2, 0.25) is 0 Å². The molecule has 0 atom stereocenters. The zero-order valence-electron chi connectivity index (χ0n) is 23.3. The maximum absolute atomic E-state index is 15.5. The number of hydrogen-bond acceptors (Lipinski definition) is 6. The van der Waals surface area contributed by atoms with Crippen molar-refractivity contribution in [3.63, 3.8) is 0 Å². The number of amides is 2. The average molecular weight is 595 g/mol. The van der Waals surface area contributed by atoms with Gasteiger partial charge in [-0.05, 0) is 57.4 Å². The summed E-state index contributed by atoms with van der Waals surface area (Å²) < 4.78 is 64.1. The van der Waals surface area contributed by atoms with Crippen LogP contribution < -0.4 is 10.6 Å². The Morgan fingerprint density at radius 1 is 1.14 bits per heavy atom. The Kier molecular flexibility index (Phi) is 7.33. The fourth-order valence-electron chi connectivity index (χ4n) is 4.59. The fourth-order valence-corrected chi connectivity index (χ4v) is 4.59. The molecule has 0 spiro atoms. The third-order valence-electron chi connectivity index (χ3n) is 6.78. The van der Waals surface area contributed by atoms with E-state index in [0.717, 1.165) is 16.7 Å². The molecule has 1 fully saturated rings. The van der Waals surface area contributed by atoms with E-state index in [4.69, 9.17) is 4.74 Å². The van der Waals surface area contributed by atoms with Crippen LogP contribution in [0.1, 0.15) is 60.8 Å². The molecule has 0 radical (unpaired) electrons. The third kappa shape index (κ3) is 6.28. The Morgan fingerprint density at radius 2 is 1.88 bits per heavy atom. The van der Waals surface area contributed by atoms with Gasteiger partial charge in [-0.2, -0.15) is 18.4 Å². The lowest BCUT2D eigenvalue weighted by molar-refractivity contribution is -0.136. The second-order valence-electron chi connectivity index (χ2n) is 11.2. The van der Waals surface area contributed by atoms with Gasteiger partial charge in [-0.25, -0.2) is 19.2 Å². The number of anilines is 1. The number of fused-ring (bicyclic) bond motifs is 1. The quantitative estimate of drug-likeness (QED) is 0.250. The van der Waals surface area contributed by atoms with Crippen molar-refractivity contribution >= 4 is 23.5 Å². The van der Waals surface area contributed by atoms with Gasteiger partial charge in [-0.3, -0.25) is 10.1 Å². The lowest BCUT2D eigenvalue weighted by Gasteiger charge is -2.19. The summed E-state index contributed by atoms with van der Waals surface area (Å²) in [6, 6.07) is 10.3. The molecule has 1 aliphatic carbocycles. The molecule has 2 amide bonds. The van der Waals surface area contributed by atoms with Crippen LogP contribution in [0.3, 0.4) is 0 Å². The molecule has 0 aliphatic heterocycles. The largest absolute Gasteiger partial charge is 0.444 e. The maximum atomic E-state index is 15.5. The summed E-state index contributed by atoms with van der Waals surface area (Å²) in [6.07, 6.45) is -0.829. The molecule has 1 aromatic carbocycles. The zero-order valence-corrected chi connectivity index (χ0v) is 23.3. The van der Waals surface area contributed by atoms with Crippen molar-refractivity contribution < 1.29 is 31.9 Å². The Balaban J connectivity index is 1.40. The van der Waals surface area contributed by atoms with Gasteiger partial charge in [0.05, 0.1) is 17.0 Å². The number of alkyl halides is 3. The highest BCUT2D eigenvalue weighted by Gasteiger charge is 2.47. The van der Waals surface area contributed by atoms with E-state index in [9.17, 15) is 28.0 Å². The number of carbonyl (C=O) groups is 2. The molecule has 0 bridgehead atoms. The molecule has 4 aromatic rings. The van der Waals surface area contributed by atoms with Crippen LogP contribution in [0, 0.1) is 17.1 Å². The monoisotopic (exact) mass is 594 g/mol. The first-order valence-corrected chi connectivity index (χ1v) is 13.2. The minimum Gasteiger partial charge on any atom is -0.444 e.